The SMILES string of the molecule is Cc1cc(C)nc(SCC(=O)NCC(c2ccccc2)c2c[nH]c3ccccc23)n1. The van der Waals surface area contributed by atoms with Crippen molar-refractivity contribution in [2.75, 3.05) is 12.3 Å². The molecular weight excluding hydrogens is 392 g/mol. The summed E-state index contributed by atoms with van der Waals surface area (Å²) in [6.07, 6.45) is 2.05. The van der Waals surface area contributed by atoms with Gasteiger partial charge >= 0.3 is 0 Å². The molecule has 2 aromatic carbocycles. The smallest absolute Gasteiger partial charge is 0.230 e. The van der Waals surface area contributed by atoms with Gasteiger partial charge in [0.1, 0.15) is 0 Å². The molecular formula is C24H24N4OS. The quantitative estimate of drug-likeness (QED) is 0.341. The van der Waals surface area contributed by atoms with E-state index in [9.17, 15) is 4.79 Å². The molecule has 4 aromatic rings. The average Bonchev–Trinajstić information content (AvgIpc) is 3.17. The molecule has 1 atom stereocenters. The maximum Gasteiger partial charge on any atom is 0.230 e. The summed E-state index contributed by atoms with van der Waals surface area (Å²) in [6, 6.07) is 20.5. The van der Waals surface area contributed by atoms with E-state index in [-0.39, 0.29) is 17.6 Å². The highest BCUT2D eigenvalue weighted by molar-refractivity contribution is 7.99. The minimum atomic E-state index is -0.0245. The number of aryl methyl sites for hydroxylation is 2. The Morgan fingerprint density at radius 1 is 1.03 bits per heavy atom. The molecule has 30 heavy (non-hydrogen) atoms. The Labute approximate surface area is 180 Å². The van der Waals surface area contributed by atoms with Crippen molar-refractivity contribution in [2.45, 2.75) is 24.9 Å². The van der Waals surface area contributed by atoms with Gasteiger partial charge in [0.2, 0.25) is 5.91 Å². The fourth-order valence-corrected chi connectivity index (χ4v) is 4.41. The highest BCUT2D eigenvalue weighted by Crippen LogP contribution is 2.30. The second-order valence-corrected chi connectivity index (χ2v) is 8.22. The lowest BCUT2D eigenvalue weighted by atomic mass is 9.91. The van der Waals surface area contributed by atoms with Crippen molar-refractivity contribution in [3.8, 4) is 0 Å². The number of amides is 1. The van der Waals surface area contributed by atoms with Crippen LogP contribution in [0.3, 0.4) is 0 Å². The Bertz CT molecular complexity index is 1140. The summed E-state index contributed by atoms with van der Waals surface area (Å²) in [5, 5.41) is 4.92. The molecule has 0 saturated carbocycles. The van der Waals surface area contributed by atoms with Crippen LogP contribution in [0.1, 0.15) is 28.4 Å². The molecule has 6 heteroatoms. The highest BCUT2D eigenvalue weighted by Gasteiger charge is 2.19. The zero-order chi connectivity index (χ0) is 20.9. The molecule has 1 amide bonds. The van der Waals surface area contributed by atoms with Crippen molar-refractivity contribution < 1.29 is 4.79 Å². The lowest BCUT2D eigenvalue weighted by Gasteiger charge is -2.18. The van der Waals surface area contributed by atoms with Crippen LogP contribution in [0.15, 0.2) is 72.0 Å². The van der Waals surface area contributed by atoms with Crippen molar-refractivity contribution in [3.63, 3.8) is 0 Å². The van der Waals surface area contributed by atoms with Gasteiger partial charge in [0.15, 0.2) is 5.16 Å². The molecule has 0 radical (unpaired) electrons. The van der Waals surface area contributed by atoms with Crippen molar-refractivity contribution >= 4 is 28.6 Å². The molecule has 0 fully saturated rings. The molecule has 0 bridgehead atoms. The van der Waals surface area contributed by atoms with Gasteiger partial charge in [-0.25, -0.2) is 9.97 Å². The number of aromatic amines is 1. The molecule has 1 unspecified atom stereocenters. The summed E-state index contributed by atoms with van der Waals surface area (Å²) < 4.78 is 0. The van der Waals surface area contributed by atoms with Gasteiger partial charge < -0.3 is 10.3 Å². The summed E-state index contributed by atoms with van der Waals surface area (Å²) in [6.45, 7) is 4.40. The van der Waals surface area contributed by atoms with Crippen molar-refractivity contribution in [1.82, 2.24) is 20.3 Å². The summed E-state index contributed by atoms with van der Waals surface area (Å²) >= 11 is 1.36. The van der Waals surface area contributed by atoms with E-state index in [1.807, 2.05) is 56.4 Å². The number of benzene rings is 2. The minimum Gasteiger partial charge on any atom is -0.361 e. The predicted molar refractivity (Wildman–Crippen MR) is 122 cm³/mol. The number of thioether (sulfide) groups is 1. The summed E-state index contributed by atoms with van der Waals surface area (Å²) in [5.74, 6) is 0.329. The maximum atomic E-state index is 12.6. The average molecular weight is 417 g/mol. The largest absolute Gasteiger partial charge is 0.361 e. The molecule has 0 aliphatic rings. The Morgan fingerprint density at radius 2 is 1.73 bits per heavy atom. The number of fused-ring (bicyclic) bond motifs is 1. The number of para-hydroxylation sites is 1. The summed E-state index contributed by atoms with van der Waals surface area (Å²) in [7, 11) is 0. The summed E-state index contributed by atoms with van der Waals surface area (Å²) in [4.78, 5) is 24.7. The predicted octanol–water partition coefficient (Wildman–Crippen LogP) is 4.62. The molecule has 0 aliphatic carbocycles. The molecule has 0 spiro atoms. The van der Waals surface area contributed by atoms with Crippen LogP contribution < -0.4 is 5.32 Å². The Hall–Kier alpha value is -3.12. The molecule has 4 rings (SSSR count). The number of nitrogens with one attached hydrogen (secondary N) is 2. The Morgan fingerprint density at radius 3 is 2.50 bits per heavy atom. The van der Waals surface area contributed by atoms with Crippen molar-refractivity contribution in [3.05, 3.63) is 89.4 Å². The van der Waals surface area contributed by atoms with Crippen LogP contribution in [-0.2, 0) is 4.79 Å². The number of nitrogens with zero attached hydrogens (tertiary/aromatic N) is 2. The molecule has 2 aromatic heterocycles. The second-order valence-electron chi connectivity index (χ2n) is 7.28. The number of carbonyl (C=O) groups excluding carboxylic acids is 1. The van der Waals surface area contributed by atoms with Gasteiger partial charge in [0.25, 0.3) is 0 Å². The first kappa shape index (κ1) is 20.2. The Balaban J connectivity index is 1.48. The van der Waals surface area contributed by atoms with Crippen molar-refractivity contribution in [2.24, 2.45) is 0 Å². The number of hydrogen-bond acceptors (Lipinski definition) is 4. The van der Waals surface area contributed by atoms with Gasteiger partial charge in [-0.2, -0.15) is 0 Å². The van der Waals surface area contributed by atoms with E-state index in [1.165, 1.54) is 28.3 Å². The minimum absolute atomic E-state index is 0.0245. The number of carbonyl (C=O) groups is 1. The van der Waals surface area contributed by atoms with Gasteiger partial charge in [-0.1, -0.05) is 60.3 Å². The van der Waals surface area contributed by atoms with E-state index in [4.69, 9.17) is 0 Å². The zero-order valence-corrected chi connectivity index (χ0v) is 17.9. The molecule has 5 nitrogen and oxygen atoms in total. The van der Waals surface area contributed by atoms with Gasteiger partial charge in [-0.05, 0) is 37.1 Å². The fraction of sp³-hybridized carbons (Fsp3) is 0.208. The van der Waals surface area contributed by atoms with E-state index in [0.717, 1.165) is 16.9 Å². The van der Waals surface area contributed by atoms with Crippen LogP contribution in [-0.4, -0.2) is 33.2 Å². The lowest BCUT2D eigenvalue weighted by Crippen LogP contribution is -2.30. The highest BCUT2D eigenvalue weighted by atomic mass is 32.2. The van der Waals surface area contributed by atoms with Crippen LogP contribution in [0, 0.1) is 13.8 Å². The van der Waals surface area contributed by atoms with E-state index in [1.54, 1.807) is 0 Å². The molecule has 152 valence electrons. The van der Waals surface area contributed by atoms with E-state index < -0.39 is 0 Å². The van der Waals surface area contributed by atoms with Crippen LogP contribution in [0.4, 0.5) is 0 Å². The van der Waals surface area contributed by atoms with E-state index >= 15 is 0 Å². The van der Waals surface area contributed by atoms with Gasteiger partial charge in [0.05, 0.1) is 5.75 Å². The molecule has 0 saturated heterocycles. The number of H-pyrrole nitrogens is 1. The van der Waals surface area contributed by atoms with E-state index in [0.29, 0.717) is 11.7 Å². The fourth-order valence-electron chi connectivity index (χ4n) is 3.63. The van der Waals surface area contributed by atoms with Crippen LogP contribution >= 0.6 is 11.8 Å². The standard InChI is InChI=1S/C24H24N4OS/c1-16-12-17(2)28-24(27-16)30-15-23(29)26-13-20(18-8-4-3-5-9-18)21-14-25-22-11-7-6-10-19(21)22/h3-12,14,20,25H,13,15H2,1-2H3,(H,26,29). The monoisotopic (exact) mass is 416 g/mol. The van der Waals surface area contributed by atoms with Crippen molar-refractivity contribution in [1.29, 1.82) is 0 Å². The van der Waals surface area contributed by atoms with Gasteiger partial charge in [0, 0.05) is 41.0 Å². The van der Waals surface area contributed by atoms with Crippen LogP contribution in [0.2, 0.25) is 0 Å². The second kappa shape index (κ2) is 9.13. The third-order valence-corrected chi connectivity index (χ3v) is 5.84. The van der Waals surface area contributed by atoms with Crippen LogP contribution in [0.25, 0.3) is 10.9 Å². The number of hydrogen-bond donors (Lipinski definition) is 2. The summed E-state index contributed by atoms with van der Waals surface area (Å²) in [5.41, 5.74) is 5.28. The molecule has 2 heterocycles. The zero-order valence-electron chi connectivity index (χ0n) is 17.1. The topological polar surface area (TPSA) is 70.7 Å². The first-order valence-electron chi connectivity index (χ1n) is 9.93. The van der Waals surface area contributed by atoms with E-state index in [2.05, 4.69) is 44.5 Å². The Kier molecular flexibility index (Phi) is 6.14. The molecule has 0 aliphatic heterocycles. The number of rotatable bonds is 7. The van der Waals surface area contributed by atoms with Crippen LogP contribution in [0.5, 0.6) is 0 Å². The lowest BCUT2D eigenvalue weighted by molar-refractivity contribution is -0.118. The van der Waals surface area contributed by atoms with Gasteiger partial charge in [-0.15, -0.1) is 0 Å². The molecule has 2 N–H and O–H groups in total. The first-order valence-corrected chi connectivity index (χ1v) is 10.9. The number of aromatic nitrogens is 3. The third-order valence-electron chi connectivity index (χ3n) is 5.00. The first-order chi connectivity index (χ1) is 14.6. The van der Waals surface area contributed by atoms with Gasteiger partial charge in [-0.3, -0.25) is 4.79 Å². The third kappa shape index (κ3) is 4.71. The maximum absolute atomic E-state index is 12.6. The normalized spacial score (nSPS) is 12.1.